The van der Waals surface area contributed by atoms with Gasteiger partial charge in [-0.15, -0.1) is 0 Å². The molecule has 2 heteroatoms. The zero-order valence-corrected chi connectivity index (χ0v) is 25.4. The molecule has 0 aromatic heterocycles. The van der Waals surface area contributed by atoms with E-state index in [2.05, 4.69) is 158 Å². The van der Waals surface area contributed by atoms with E-state index in [1.54, 1.807) is 0 Å². The third kappa shape index (κ3) is 4.03. The predicted molar refractivity (Wildman–Crippen MR) is 186 cm³/mol. The fourth-order valence-corrected chi connectivity index (χ4v) is 7.95. The van der Waals surface area contributed by atoms with E-state index in [1.807, 2.05) is 6.07 Å². The molecule has 0 saturated carbocycles. The SMILES string of the molecule is C1=CCC(C2(c3ccccc3)c3ccccc3-c3c2ccc2c3Oc3c(cccc3-c3ccccc3Cc3ccccc3)O2)C=C1. The molecule has 1 heterocycles. The number of hydrogen-bond acceptors (Lipinski definition) is 2. The van der Waals surface area contributed by atoms with Crippen molar-refractivity contribution in [3.8, 4) is 45.3 Å². The molecule has 2 aliphatic carbocycles. The van der Waals surface area contributed by atoms with Crippen LogP contribution in [0.15, 0.2) is 164 Å². The van der Waals surface area contributed by atoms with Crippen molar-refractivity contribution in [1.29, 1.82) is 0 Å². The number of para-hydroxylation sites is 1. The lowest BCUT2D eigenvalue weighted by atomic mass is 9.62. The Morgan fingerprint density at radius 3 is 2.09 bits per heavy atom. The van der Waals surface area contributed by atoms with Gasteiger partial charge in [0, 0.05) is 11.1 Å². The van der Waals surface area contributed by atoms with Crippen LogP contribution < -0.4 is 9.47 Å². The van der Waals surface area contributed by atoms with Gasteiger partial charge in [0.2, 0.25) is 0 Å². The fraction of sp³-hybridized carbons (Fsp3) is 0.0909. The molecule has 2 unspecified atom stereocenters. The Bertz CT molecular complexity index is 2160. The first-order valence-corrected chi connectivity index (χ1v) is 16.1. The summed E-state index contributed by atoms with van der Waals surface area (Å²) in [5.41, 5.74) is 10.5. The molecule has 0 fully saturated rings. The van der Waals surface area contributed by atoms with Gasteiger partial charge in [0.1, 0.15) is 0 Å². The Balaban J connectivity index is 1.24. The molecule has 6 aromatic rings. The lowest BCUT2D eigenvalue weighted by Gasteiger charge is -2.39. The molecule has 3 aliphatic rings. The van der Waals surface area contributed by atoms with Gasteiger partial charge in [-0.25, -0.2) is 0 Å². The maximum atomic E-state index is 7.13. The summed E-state index contributed by atoms with van der Waals surface area (Å²) in [5, 5.41) is 0. The first-order chi connectivity index (χ1) is 22.8. The Kier molecular flexibility index (Phi) is 6.28. The van der Waals surface area contributed by atoms with E-state index >= 15 is 0 Å². The molecule has 0 amide bonds. The van der Waals surface area contributed by atoms with Crippen molar-refractivity contribution in [3.63, 3.8) is 0 Å². The average molecular weight is 593 g/mol. The summed E-state index contributed by atoms with van der Waals surface area (Å²) in [6.07, 6.45) is 10.8. The smallest absolute Gasteiger partial charge is 0.178 e. The summed E-state index contributed by atoms with van der Waals surface area (Å²) >= 11 is 0. The van der Waals surface area contributed by atoms with Crippen molar-refractivity contribution in [2.24, 2.45) is 5.92 Å². The van der Waals surface area contributed by atoms with E-state index in [1.165, 1.54) is 33.4 Å². The molecule has 46 heavy (non-hydrogen) atoms. The number of ether oxygens (including phenoxy) is 2. The topological polar surface area (TPSA) is 18.5 Å². The second-order valence-electron chi connectivity index (χ2n) is 12.3. The number of allylic oxidation sites excluding steroid dienone is 4. The highest BCUT2D eigenvalue weighted by molar-refractivity contribution is 5.91. The molecule has 2 nitrogen and oxygen atoms in total. The van der Waals surface area contributed by atoms with Crippen LogP contribution in [0.1, 0.15) is 34.2 Å². The number of benzene rings is 6. The van der Waals surface area contributed by atoms with Crippen molar-refractivity contribution in [2.75, 3.05) is 0 Å². The van der Waals surface area contributed by atoms with Gasteiger partial charge in [-0.2, -0.15) is 0 Å². The molecule has 2 atom stereocenters. The average Bonchev–Trinajstić information content (AvgIpc) is 3.43. The molecule has 0 saturated heterocycles. The predicted octanol–water partition coefficient (Wildman–Crippen LogP) is 11.3. The molecule has 220 valence electrons. The van der Waals surface area contributed by atoms with Crippen molar-refractivity contribution in [1.82, 2.24) is 0 Å². The molecular formula is C44H32O2. The van der Waals surface area contributed by atoms with Crippen LogP contribution in [-0.2, 0) is 11.8 Å². The summed E-state index contributed by atoms with van der Waals surface area (Å²) < 4.78 is 13.8. The Morgan fingerprint density at radius 1 is 0.543 bits per heavy atom. The highest BCUT2D eigenvalue weighted by Crippen LogP contribution is 2.63. The van der Waals surface area contributed by atoms with Gasteiger partial charge in [0.15, 0.2) is 23.0 Å². The fourth-order valence-electron chi connectivity index (χ4n) is 7.95. The molecule has 0 spiro atoms. The van der Waals surface area contributed by atoms with Gasteiger partial charge >= 0.3 is 0 Å². The van der Waals surface area contributed by atoms with Crippen LogP contribution in [-0.4, -0.2) is 0 Å². The van der Waals surface area contributed by atoms with E-state index in [0.29, 0.717) is 0 Å². The number of rotatable bonds is 5. The van der Waals surface area contributed by atoms with Gasteiger partial charge in [-0.3, -0.25) is 0 Å². The van der Waals surface area contributed by atoms with Crippen LogP contribution in [0.25, 0.3) is 22.3 Å². The minimum Gasteiger partial charge on any atom is -0.449 e. The van der Waals surface area contributed by atoms with Crippen molar-refractivity contribution in [2.45, 2.75) is 18.3 Å². The van der Waals surface area contributed by atoms with E-state index in [9.17, 15) is 0 Å². The summed E-state index contributed by atoms with van der Waals surface area (Å²) in [5.74, 6) is 3.29. The van der Waals surface area contributed by atoms with Crippen LogP contribution in [0, 0.1) is 5.92 Å². The van der Waals surface area contributed by atoms with Crippen LogP contribution >= 0.6 is 0 Å². The highest BCUT2D eigenvalue weighted by Gasteiger charge is 2.50. The molecule has 0 bridgehead atoms. The van der Waals surface area contributed by atoms with Gasteiger partial charge < -0.3 is 9.47 Å². The Morgan fingerprint density at radius 2 is 1.26 bits per heavy atom. The maximum Gasteiger partial charge on any atom is 0.178 e. The second kappa shape index (κ2) is 10.8. The monoisotopic (exact) mass is 592 g/mol. The van der Waals surface area contributed by atoms with Crippen LogP contribution in [0.3, 0.4) is 0 Å². The molecule has 9 rings (SSSR count). The van der Waals surface area contributed by atoms with Crippen molar-refractivity contribution >= 4 is 0 Å². The van der Waals surface area contributed by atoms with E-state index < -0.39 is 0 Å². The van der Waals surface area contributed by atoms with Gasteiger partial charge in [-0.05, 0) is 69.8 Å². The summed E-state index contributed by atoms with van der Waals surface area (Å²) in [6.45, 7) is 0. The van der Waals surface area contributed by atoms with E-state index in [4.69, 9.17) is 9.47 Å². The minimum absolute atomic E-state index is 0.248. The summed E-state index contributed by atoms with van der Waals surface area (Å²) in [6, 6.07) is 49.8. The first kappa shape index (κ1) is 26.8. The van der Waals surface area contributed by atoms with Crippen molar-refractivity contribution < 1.29 is 9.47 Å². The lowest BCUT2D eigenvalue weighted by molar-refractivity contribution is 0.361. The van der Waals surface area contributed by atoms with Crippen molar-refractivity contribution in [3.05, 3.63) is 192 Å². The van der Waals surface area contributed by atoms with E-state index in [0.717, 1.165) is 52.5 Å². The number of hydrogen-bond donors (Lipinski definition) is 0. The zero-order valence-electron chi connectivity index (χ0n) is 25.4. The molecule has 0 radical (unpaired) electrons. The standard InChI is InChI=1S/C44H32O2/c1-4-15-30(16-5-1)29-31-17-10-11-22-34(31)35-24-14-26-39-42(35)46-43-40(45-39)28-27-38-41(43)36-23-12-13-25-37(36)44(38,32-18-6-2-7-19-32)33-20-8-3-9-21-33/h1-20,22-28,33H,21,29H2. The summed E-state index contributed by atoms with van der Waals surface area (Å²) in [4.78, 5) is 0. The highest BCUT2D eigenvalue weighted by atomic mass is 16.6. The van der Waals surface area contributed by atoms with E-state index in [-0.39, 0.29) is 11.3 Å². The quantitative estimate of drug-likeness (QED) is 0.198. The maximum absolute atomic E-state index is 7.13. The minimum atomic E-state index is -0.366. The van der Waals surface area contributed by atoms with Gasteiger partial charge in [0.05, 0.1) is 5.41 Å². The lowest BCUT2D eigenvalue weighted by Crippen LogP contribution is -2.35. The third-order valence-electron chi connectivity index (χ3n) is 9.88. The second-order valence-corrected chi connectivity index (χ2v) is 12.3. The third-order valence-corrected chi connectivity index (χ3v) is 9.88. The molecule has 0 N–H and O–H groups in total. The van der Waals surface area contributed by atoms with Gasteiger partial charge in [0.25, 0.3) is 0 Å². The first-order valence-electron chi connectivity index (χ1n) is 16.1. The van der Waals surface area contributed by atoms with Gasteiger partial charge in [-0.1, -0.05) is 152 Å². The number of fused-ring (bicyclic) bond motifs is 6. The van der Waals surface area contributed by atoms with Crippen LogP contribution in [0.5, 0.6) is 23.0 Å². The molecule has 6 aromatic carbocycles. The molecular weight excluding hydrogens is 560 g/mol. The molecule has 1 aliphatic heterocycles. The normalized spacial score (nSPS) is 18.5. The zero-order chi connectivity index (χ0) is 30.5. The largest absolute Gasteiger partial charge is 0.449 e. The Hall–Kier alpha value is -5.60. The van der Waals surface area contributed by atoms with Crippen LogP contribution in [0.2, 0.25) is 0 Å². The van der Waals surface area contributed by atoms with Crippen LogP contribution in [0.4, 0.5) is 0 Å². The Labute approximate surface area is 269 Å². The summed E-state index contributed by atoms with van der Waals surface area (Å²) in [7, 11) is 0.